The van der Waals surface area contributed by atoms with Crippen molar-refractivity contribution in [3.8, 4) is 0 Å². The molecule has 1 unspecified atom stereocenters. The van der Waals surface area contributed by atoms with Crippen LogP contribution in [0.15, 0.2) is 5.10 Å². The summed E-state index contributed by atoms with van der Waals surface area (Å²) in [5.74, 6) is -0.932. The molecule has 0 aliphatic carbocycles. The first-order valence-corrected chi connectivity index (χ1v) is 2.07. The van der Waals surface area contributed by atoms with E-state index in [0.717, 1.165) is 0 Å². The zero-order chi connectivity index (χ0) is 5.98. The average Bonchev–Trinajstić information content (AvgIpc) is 2.12. The quantitative estimate of drug-likeness (QED) is 0.390. The summed E-state index contributed by atoms with van der Waals surface area (Å²) in [5, 5.41) is 11.6. The van der Waals surface area contributed by atoms with Gasteiger partial charge in [0.1, 0.15) is 0 Å². The van der Waals surface area contributed by atoms with Crippen LogP contribution in [0.3, 0.4) is 0 Å². The molecule has 5 heteroatoms. The summed E-state index contributed by atoms with van der Waals surface area (Å²) in [6, 6.07) is -0.671. The number of hydrogen-bond acceptors (Lipinski definition) is 4. The van der Waals surface area contributed by atoms with Gasteiger partial charge in [0.05, 0.1) is 6.21 Å². The fourth-order valence-electron chi connectivity index (χ4n) is 0.381. The highest BCUT2D eigenvalue weighted by Crippen LogP contribution is 1.81. The van der Waals surface area contributed by atoms with Crippen LogP contribution in [0.25, 0.3) is 0 Å². The Balaban J connectivity index is 2.48. The molecule has 1 rings (SSSR count). The smallest absolute Gasteiger partial charge is 0.328 e. The van der Waals surface area contributed by atoms with E-state index >= 15 is 0 Å². The monoisotopic (exact) mass is 115 g/mol. The lowest BCUT2D eigenvalue weighted by atomic mass is 10.4. The van der Waals surface area contributed by atoms with Gasteiger partial charge in [-0.2, -0.15) is 5.10 Å². The van der Waals surface area contributed by atoms with Crippen LogP contribution in [0.1, 0.15) is 0 Å². The number of carboxylic acid groups (broad SMARTS) is 1. The van der Waals surface area contributed by atoms with Crippen LogP contribution >= 0.6 is 0 Å². The van der Waals surface area contributed by atoms with Crippen LogP contribution in [0.2, 0.25) is 0 Å². The lowest BCUT2D eigenvalue weighted by molar-refractivity contribution is -0.137. The first-order chi connectivity index (χ1) is 3.80. The second-order valence-corrected chi connectivity index (χ2v) is 1.35. The Hall–Kier alpha value is -1.10. The Labute approximate surface area is 45.4 Å². The summed E-state index contributed by atoms with van der Waals surface area (Å²) in [7, 11) is 0. The molecule has 0 amide bonds. The maximum Gasteiger partial charge on any atom is 0.328 e. The predicted molar refractivity (Wildman–Crippen MR) is 26.2 cm³/mol. The van der Waals surface area contributed by atoms with Crippen molar-refractivity contribution in [2.45, 2.75) is 6.04 Å². The molecule has 0 saturated carbocycles. The third-order valence-corrected chi connectivity index (χ3v) is 0.774. The SMILES string of the molecule is O=C(O)C1C=NNN1. The van der Waals surface area contributed by atoms with Crippen LogP contribution in [-0.2, 0) is 4.79 Å². The first kappa shape index (κ1) is 5.04. The van der Waals surface area contributed by atoms with E-state index in [9.17, 15) is 4.79 Å². The largest absolute Gasteiger partial charge is 0.480 e. The molecule has 0 aromatic heterocycles. The number of nitrogens with one attached hydrogen (secondary N) is 2. The van der Waals surface area contributed by atoms with Crippen molar-refractivity contribution in [1.82, 2.24) is 11.0 Å². The van der Waals surface area contributed by atoms with Crippen LogP contribution in [0.4, 0.5) is 0 Å². The molecular weight excluding hydrogens is 110 g/mol. The van der Waals surface area contributed by atoms with E-state index in [-0.39, 0.29) is 0 Å². The molecule has 0 bridgehead atoms. The molecule has 0 radical (unpaired) electrons. The van der Waals surface area contributed by atoms with Gasteiger partial charge in [0.2, 0.25) is 0 Å². The lowest BCUT2D eigenvalue weighted by Crippen LogP contribution is -2.37. The number of hydrazine groups is 1. The van der Waals surface area contributed by atoms with Crippen molar-refractivity contribution in [2.24, 2.45) is 5.10 Å². The highest BCUT2D eigenvalue weighted by Gasteiger charge is 2.16. The van der Waals surface area contributed by atoms with Crippen LogP contribution in [-0.4, -0.2) is 23.3 Å². The third-order valence-electron chi connectivity index (χ3n) is 0.774. The second-order valence-electron chi connectivity index (χ2n) is 1.35. The average molecular weight is 115 g/mol. The zero-order valence-electron chi connectivity index (χ0n) is 3.96. The zero-order valence-corrected chi connectivity index (χ0v) is 3.96. The molecule has 1 heterocycles. The minimum absolute atomic E-state index is 0.671. The molecule has 0 spiro atoms. The molecular formula is C3H5N3O2. The van der Waals surface area contributed by atoms with Gasteiger partial charge in [0.15, 0.2) is 6.04 Å². The van der Waals surface area contributed by atoms with Crippen molar-refractivity contribution in [3.05, 3.63) is 0 Å². The van der Waals surface area contributed by atoms with E-state index in [4.69, 9.17) is 5.11 Å². The molecule has 0 aromatic carbocycles. The summed E-state index contributed by atoms with van der Waals surface area (Å²) in [6.45, 7) is 0. The van der Waals surface area contributed by atoms with Crippen molar-refractivity contribution >= 4 is 12.2 Å². The standard InChI is InChI=1S/C3H5N3O2/c7-3(8)2-1-4-6-5-2/h1-2,5-6H,(H,7,8). The molecule has 0 aromatic rings. The van der Waals surface area contributed by atoms with Crippen molar-refractivity contribution in [2.75, 3.05) is 0 Å². The molecule has 8 heavy (non-hydrogen) atoms. The predicted octanol–water partition coefficient (Wildman–Crippen LogP) is -1.47. The third kappa shape index (κ3) is 0.760. The van der Waals surface area contributed by atoms with Crippen LogP contribution < -0.4 is 11.0 Å². The van der Waals surface area contributed by atoms with Gasteiger partial charge in [-0.25, -0.2) is 11.0 Å². The molecule has 44 valence electrons. The molecule has 1 atom stereocenters. The van der Waals surface area contributed by atoms with Gasteiger partial charge in [-0.1, -0.05) is 0 Å². The molecule has 0 saturated heterocycles. The number of hydrogen-bond donors (Lipinski definition) is 3. The number of carbonyl (C=O) groups is 1. The number of rotatable bonds is 1. The van der Waals surface area contributed by atoms with E-state index in [2.05, 4.69) is 16.1 Å². The van der Waals surface area contributed by atoms with E-state index in [1.54, 1.807) is 0 Å². The van der Waals surface area contributed by atoms with Gasteiger partial charge < -0.3 is 5.11 Å². The Morgan fingerprint density at radius 1 is 1.88 bits per heavy atom. The van der Waals surface area contributed by atoms with Gasteiger partial charge in [0.25, 0.3) is 0 Å². The van der Waals surface area contributed by atoms with E-state index < -0.39 is 12.0 Å². The van der Waals surface area contributed by atoms with Gasteiger partial charge in [0, 0.05) is 0 Å². The number of carboxylic acids is 1. The number of nitrogens with zero attached hydrogens (tertiary/aromatic N) is 1. The number of hydrazone groups is 1. The van der Waals surface area contributed by atoms with Crippen LogP contribution in [0, 0.1) is 0 Å². The Morgan fingerprint density at radius 3 is 2.88 bits per heavy atom. The highest BCUT2D eigenvalue weighted by molar-refractivity contribution is 5.93. The lowest BCUT2D eigenvalue weighted by Gasteiger charge is -1.96. The van der Waals surface area contributed by atoms with Crippen molar-refractivity contribution < 1.29 is 9.90 Å². The van der Waals surface area contributed by atoms with Crippen molar-refractivity contribution in [1.29, 1.82) is 0 Å². The van der Waals surface area contributed by atoms with Crippen LogP contribution in [0.5, 0.6) is 0 Å². The normalized spacial score (nSPS) is 25.2. The summed E-state index contributed by atoms with van der Waals surface area (Å²) >= 11 is 0. The van der Waals surface area contributed by atoms with Gasteiger partial charge in [-0.15, -0.1) is 0 Å². The molecule has 3 N–H and O–H groups in total. The minimum Gasteiger partial charge on any atom is -0.480 e. The summed E-state index contributed by atoms with van der Waals surface area (Å²) in [4.78, 5) is 10.0. The Bertz CT molecular complexity index is 132. The van der Waals surface area contributed by atoms with Gasteiger partial charge in [-0.3, -0.25) is 4.79 Å². The van der Waals surface area contributed by atoms with E-state index in [1.165, 1.54) is 6.21 Å². The minimum atomic E-state index is -0.932. The Morgan fingerprint density at radius 2 is 2.62 bits per heavy atom. The topological polar surface area (TPSA) is 73.7 Å². The highest BCUT2D eigenvalue weighted by atomic mass is 16.4. The molecule has 0 fully saturated rings. The summed E-state index contributed by atoms with van der Waals surface area (Å²) in [5.41, 5.74) is 4.68. The molecule has 1 aliphatic rings. The fraction of sp³-hybridized carbons (Fsp3) is 0.333. The maximum atomic E-state index is 10.0. The van der Waals surface area contributed by atoms with Crippen molar-refractivity contribution in [3.63, 3.8) is 0 Å². The molecule has 5 nitrogen and oxygen atoms in total. The maximum absolute atomic E-state index is 10.0. The Kier molecular flexibility index (Phi) is 1.13. The molecule has 1 aliphatic heterocycles. The fourth-order valence-corrected chi connectivity index (χ4v) is 0.381. The first-order valence-electron chi connectivity index (χ1n) is 2.07. The van der Waals surface area contributed by atoms with Gasteiger partial charge in [-0.05, 0) is 0 Å². The number of aliphatic carboxylic acids is 1. The summed E-state index contributed by atoms with van der Waals surface area (Å²) in [6.07, 6.45) is 1.28. The van der Waals surface area contributed by atoms with E-state index in [0.29, 0.717) is 0 Å². The second kappa shape index (κ2) is 1.79. The van der Waals surface area contributed by atoms with E-state index in [1.807, 2.05) is 0 Å². The summed E-state index contributed by atoms with van der Waals surface area (Å²) < 4.78 is 0. The van der Waals surface area contributed by atoms with Gasteiger partial charge >= 0.3 is 5.97 Å².